The fraction of sp³-hybridized carbons (Fsp3) is 0.500. The Labute approximate surface area is 100 Å². The highest BCUT2D eigenvalue weighted by molar-refractivity contribution is 7.98. The van der Waals surface area contributed by atoms with E-state index in [0.717, 1.165) is 17.9 Å². The molecule has 1 fully saturated rings. The molecule has 1 aromatic carbocycles. The van der Waals surface area contributed by atoms with Crippen LogP contribution >= 0.6 is 23.4 Å². The molecule has 0 unspecified atom stereocenters. The maximum Gasteiger partial charge on any atom is 0.0421 e. The summed E-state index contributed by atoms with van der Waals surface area (Å²) in [6.07, 6.45) is 6.72. The Bertz CT molecular complexity index is 359. The zero-order valence-corrected chi connectivity index (χ0v) is 10.5. The van der Waals surface area contributed by atoms with Crippen molar-refractivity contribution in [2.75, 3.05) is 6.26 Å². The minimum Gasteiger partial charge on any atom is -0.321 e. The van der Waals surface area contributed by atoms with Crippen LogP contribution in [-0.2, 0) is 5.54 Å². The fourth-order valence-electron chi connectivity index (χ4n) is 2.34. The molecule has 2 N–H and O–H groups in total. The first-order chi connectivity index (χ1) is 7.15. The number of benzene rings is 1. The smallest absolute Gasteiger partial charge is 0.0421 e. The summed E-state index contributed by atoms with van der Waals surface area (Å²) in [5, 5.41) is 0.791. The van der Waals surface area contributed by atoms with E-state index in [1.54, 1.807) is 11.8 Å². The number of halogens is 1. The number of nitrogens with two attached hydrogens (primary N) is 1. The van der Waals surface area contributed by atoms with Crippen LogP contribution in [0.2, 0.25) is 5.02 Å². The summed E-state index contributed by atoms with van der Waals surface area (Å²) in [4.78, 5) is 1.27. The van der Waals surface area contributed by atoms with Crippen molar-refractivity contribution in [3.8, 4) is 0 Å². The van der Waals surface area contributed by atoms with Crippen LogP contribution in [-0.4, -0.2) is 6.26 Å². The third-order valence-electron chi connectivity index (χ3n) is 3.19. The predicted octanol–water partition coefficient (Wildman–Crippen LogP) is 3.79. The fourth-order valence-corrected chi connectivity index (χ4v) is 3.20. The Morgan fingerprint density at radius 2 is 2.00 bits per heavy atom. The van der Waals surface area contributed by atoms with Crippen LogP contribution in [0.25, 0.3) is 0 Å². The Morgan fingerprint density at radius 1 is 1.33 bits per heavy atom. The van der Waals surface area contributed by atoms with Crippen molar-refractivity contribution in [2.24, 2.45) is 5.73 Å². The van der Waals surface area contributed by atoms with E-state index < -0.39 is 0 Å². The molecule has 1 aliphatic rings. The molecule has 3 heteroatoms. The van der Waals surface area contributed by atoms with Gasteiger partial charge in [0.15, 0.2) is 0 Å². The topological polar surface area (TPSA) is 26.0 Å². The lowest BCUT2D eigenvalue weighted by Crippen LogP contribution is -2.33. The van der Waals surface area contributed by atoms with E-state index in [2.05, 4.69) is 12.3 Å². The van der Waals surface area contributed by atoms with E-state index in [1.165, 1.54) is 23.3 Å². The summed E-state index contributed by atoms with van der Waals surface area (Å²) in [7, 11) is 0. The second-order valence-electron chi connectivity index (χ2n) is 4.21. The van der Waals surface area contributed by atoms with Crippen molar-refractivity contribution in [3.05, 3.63) is 28.8 Å². The van der Waals surface area contributed by atoms with Crippen molar-refractivity contribution in [1.82, 2.24) is 0 Å². The number of rotatable bonds is 2. The average Bonchev–Trinajstić information content (AvgIpc) is 2.66. The van der Waals surface area contributed by atoms with Gasteiger partial charge >= 0.3 is 0 Å². The van der Waals surface area contributed by atoms with Crippen molar-refractivity contribution in [2.45, 2.75) is 36.1 Å². The van der Waals surface area contributed by atoms with E-state index in [0.29, 0.717) is 0 Å². The monoisotopic (exact) mass is 241 g/mol. The van der Waals surface area contributed by atoms with E-state index in [4.69, 9.17) is 17.3 Å². The molecule has 1 aliphatic carbocycles. The Balaban J connectivity index is 2.44. The highest BCUT2D eigenvalue weighted by atomic mass is 35.5. The molecule has 0 saturated heterocycles. The standard InChI is InChI=1S/C12H16ClNS/c1-15-11-5-4-9(13)8-10(11)12(14)6-2-3-7-12/h4-5,8H,2-3,6-7,14H2,1H3. The van der Waals surface area contributed by atoms with Gasteiger partial charge in [0.1, 0.15) is 0 Å². The summed E-state index contributed by atoms with van der Waals surface area (Å²) in [6, 6.07) is 6.06. The molecular formula is C12H16ClNS. The maximum atomic E-state index is 6.45. The van der Waals surface area contributed by atoms with Gasteiger partial charge in [0.25, 0.3) is 0 Å². The van der Waals surface area contributed by atoms with Gasteiger partial charge in [-0.15, -0.1) is 11.8 Å². The van der Waals surface area contributed by atoms with Crippen LogP contribution < -0.4 is 5.73 Å². The van der Waals surface area contributed by atoms with Gasteiger partial charge in [0.05, 0.1) is 0 Å². The van der Waals surface area contributed by atoms with E-state index >= 15 is 0 Å². The molecule has 0 aliphatic heterocycles. The van der Waals surface area contributed by atoms with Crippen LogP contribution in [0.1, 0.15) is 31.2 Å². The number of hydrogen-bond acceptors (Lipinski definition) is 2. The van der Waals surface area contributed by atoms with Gasteiger partial charge in [-0.25, -0.2) is 0 Å². The molecule has 2 rings (SSSR count). The highest BCUT2D eigenvalue weighted by Gasteiger charge is 2.33. The highest BCUT2D eigenvalue weighted by Crippen LogP contribution is 2.41. The number of hydrogen-bond donors (Lipinski definition) is 1. The minimum atomic E-state index is -0.136. The van der Waals surface area contributed by atoms with Gasteiger partial charge in [-0.1, -0.05) is 24.4 Å². The van der Waals surface area contributed by atoms with Crippen molar-refractivity contribution >= 4 is 23.4 Å². The van der Waals surface area contributed by atoms with Crippen molar-refractivity contribution in [3.63, 3.8) is 0 Å². The molecule has 1 saturated carbocycles. The molecule has 0 atom stereocenters. The van der Waals surface area contributed by atoms with Gasteiger partial charge in [0.2, 0.25) is 0 Å². The maximum absolute atomic E-state index is 6.45. The Morgan fingerprint density at radius 3 is 2.60 bits per heavy atom. The van der Waals surface area contributed by atoms with Crippen LogP contribution in [0.3, 0.4) is 0 Å². The molecular weight excluding hydrogens is 226 g/mol. The molecule has 15 heavy (non-hydrogen) atoms. The van der Waals surface area contributed by atoms with Crippen LogP contribution in [0.5, 0.6) is 0 Å². The molecule has 0 amide bonds. The van der Waals surface area contributed by atoms with E-state index in [-0.39, 0.29) is 5.54 Å². The predicted molar refractivity (Wildman–Crippen MR) is 67.6 cm³/mol. The first-order valence-electron chi connectivity index (χ1n) is 5.29. The molecule has 0 spiro atoms. The largest absolute Gasteiger partial charge is 0.321 e. The lowest BCUT2D eigenvalue weighted by atomic mass is 9.89. The first kappa shape index (κ1) is 11.3. The first-order valence-corrected chi connectivity index (χ1v) is 6.89. The molecule has 0 heterocycles. The van der Waals surface area contributed by atoms with Crippen LogP contribution in [0, 0.1) is 0 Å². The molecule has 0 bridgehead atoms. The minimum absolute atomic E-state index is 0.136. The van der Waals surface area contributed by atoms with Gasteiger partial charge in [0, 0.05) is 15.5 Å². The molecule has 1 aromatic rings. The second-order valence-corrected chi connectivity index (χ2v) is 5.49. The third kappa shape index (κ3) is 2.17. The molecule has 0 aromatic heterocycles. The van der Waals surface area contributed by atoms with Crippen LogP contribution in [0.4, 0.5) is 0 Å². The molecule has 1 nitrogen and oxygen atoms in total. The summed E-state index contributed by atoms with van der Waals surface area (Å²) in [6.45, 7) is 0. The molecule has 0 radical (unpaired) electrons. The Kier molecular flexibility index (Phi) is 3.29. The third-order valence-corrected chi connectivity index (χ3v) is 4.22. The second kappa shape index (κ2) is 4.36. The Hall–Kier alpha value is -0.180. The van der Waals surface area contributed by atoms with Gasteiger partial charge < -0.3 is 5.73 Å². The normalized spacial score (nSPS) is 19.4. The van der Waals surface area contributed by atoms with E-state index in [9.17, 15) is 0 Å². The van der Waals surface area contributed by atoms with Crippen LogP contribution in [0.15, 0.2) is 23.1 Å². The lowest BCUT2D eigenvalue weighted by molar-refractivity contribution is 0.453. The average molecular weight is 242 g/mol. The summed E-state index contributed by atoms with van der Waals surface area (Å²) in [5.41, 5.74) is 7.55. The summed E-state index contributed by atoms with van der Waals surface area (Å²) in [5.74, 6) is 0. The van der Waals surface area contributed by atoms with Crippen molar-refractivity contribution in [1.29, 1.82) is 0 Å². The SMILES string of the molecule is CSc1ccc(Cl)cc1C1(N)CCCC1. The van der Waals surface area contributed by atoms with Gasteiger partial charge in [-0.05, 0) is 42.9 Å². The molecule has 82 valence electrons. The zero-order valence-electron chi connectivity index (χ0n) is 8.92. The number of thioether (sulfide) groups is 1. The van der Waals surface area contributed by atoms with Crippen molar-refractivity contribution < 1.29 is 0 Å². The lowest BCUT2D eigenvalue weighted by Gasteiger charge is -2.26. The quantitative estimate of drug-likeness (QED) is 0.798. The summed E-state index contributed by atoms with van der Waals surface area (Å²) >= 11 is 7.80. The van der Waals surface area contributed by atoms with Gasteiger partial charge in [-0.3, -0.25) is 0 Å². The van der Waals surface area contributed by atoms with E-state index in [1.807, 2.05) is 12.1 Å². The zero-order chi connectivity index (χ0) is 10.9. The summed E-state index contributed by atoms with van der Waals surface area (Å²) < 4.78 is 0. The van der Waals surface area contributed by atoms with Gasteiger partial charge in [-0.2, -0.15) is 0 Å².